The van der Waals surface area contributed by atoms with E-state index in [0.717, 1.165) is 19.0 Å². The Kier molecular flexibility index (Phi) is 13.1. The van der Waals surface area contributed by atoms with Gasteiger partial charge in [-0.2, -0.15) is 0 Å². The molecule has 0 aromatic heterocycles. The minimum Gasteiger partial charge on any atom is -1.00 e. The van der Waals surface area contributed by atoms with Gasteiger partial charge in [-0.1, -0.05) is 68.4 Å². The Morgan fingerprint density at radius 3 is 1.61 bits per heavy atom. The van der Waals surface area contributed by atoms with Crippen LogP contribution < -0.4 is 38.2 Å². The lowest BCUT2D eigenvalue weighted by Gasteiger charge is -2.29. The Morgan fingerprint density at radius 1 is 0.756 bits per heavy atom. The molecule has 0 aliphatic carbocycles. The molecule has 41 heavy (non-hydrogen) atoms. The summed E-state index contributed by atoms with van der Waals surface area (Å²) < 4.78 is 5.43. The molecule has 0 radical (unpaired) electrons. The van der Waals surface area contributed by atoms with Gasteiger partial charge in [-0.15, -0.1) is 0 Å². The number of nitrogens with zero attached hydrogens (tertiary/aromatic N) is 1. The number of carbonyl (C=O) groups excluding carboxylic acids is 2. The van der Waals surface area contributed by atoms with Crippen molar-refractivity contribution in [2.24, 2.45) is 5.41 Å². The molecule has 0 atom stereocenters. The summed E-state index contributed by atoms with van der Waals surface area (Å²) in [6.45, 7) is 10.5. The smallest absolute Gasteiger partial charge is 0.410 e. The monoisotopic (exact) mass is 640 g/mol. The fraction of sp³-hybridized carbons (Fsp3) is 0.412. The molecule has 0 bridgehead atoms. The van der Waals surface area contributed by atoms with Gasteiger partial charge in [0, 0.05) is 25.6 Å². The number of amides is 2. The lowest BCUT2D eigenvalue weighted by Crippen LogP contribution is -3.00. The Bertz CT molecular complexity index is 1120. The van der Waals surface area contributed by atoms with E-state index < -0.39 is 18.3 Å². The molecular formula is C34H46BrN2O3P. The molecule has 3 rings (SSSR count). The van der Waals surface area contributed by atoms with E-state index in [1.165, 1.54) is 15.9 Å². The molecule has 0 aliphatic rings. The zero-order chi connectivity index (χ0) is 29.2. The second-order valence-electron chi connectivity index (χ2n) is 12.0. The number of halogens is 1. The molecule has 0 fully saturated rings. The van der Waals surface area contributed by atoms with Crippen molar-refractivity contribution in [2.75, 3.05) is 26.3 Å². The van der Waals surface area contributed by atoms with Crippen LogP contribution in [0.1, 0.15) is 53.9 Å². The number of carbonyl (C=O) groups is 2. The average Bonchev–Trinajstić information content (AvgIpc) is 2.94. The summed E-state index contributed by atoms with van der Waals surface area (Å²) in [5, 5.41) is 7.30. The third kappa shape index (κ3) is 9.68. The minimum absolute atomic E-state index is 0. The largest absolute Gasteiger partial charge is 1.00 e. The van der Waals surface area contributed by atoms with Gasteiger partial charge in [-0.25, -0.2) is 4.79 Å². The zero-order valence-corrected chi connectivity index (χ0v) is 27.9. The predicted molar refractivity (Wildman–Crippen MR) is 170 cm³/mol. The summed E-state index contributed by atoms with van der Waals surface area (Å²) in [4.78, 5) is 26.9. The number of hydrogen-bond donors (Lipinski definition) is 1. The lowest BCUT2D eigenvalue weighted by atomic mass is 9.88. The van der Waals surface area contributed by atoms with E-state index in [1.54, 1.807) is 11.9 Å². The fourth-order valence-corrected chi connectivity index (χ4v) is 9.20. The third-order valence-corrected chi connectivity index (χ3v) is 11.7. The van der Waals surface area contributed by atoms with Crippen molar-refractivity contribution < 1.29 is 31.3 Å². The van der Waals surface area contributed by atoms with Crippen LogP contribution in [0.5, 0.6) is 0 Å². The number of unbranched alkanes of at least 4 members (excludes halogenated alkanes) is 1. The highest BCUT2D eigenvalue weighted by molar-refractivity contribution is 7.95. The summed E-state index contributed by atoms with van der Waals surface area (Å²) >= 11 is 0. The van der Waals surface area contributed by atoms with Crippen molar-refractivity contribution in [3.63, 3.8) is 0 Å². The van der Waals surface area contributed by atoms with Crippen molar-refractivity contribution in [1.29, 1.82) is 0 Å². The quantitative estimate of drug-likeness (QED) is 0.244. The Labute approximate surface area is 258 Å². The molecule has 3 aromatic carbocycles. The van der Waals surface area contributed by atoms with E-state index >= 15 is 0 Å². The van der Waals surface area contributed by atoms with Gasteiger partial charge in [0.1, 0.15) is 28.8 Å². The van der Waals surface area contributed by atoms with Crippen LogP contribution in [0.25, 0.3) is 0 Å². The van der Waals surface area contributed by atoms with Gasteiger partial charge < -0.3 is 31.9 Å². The maximum Gasteiger partial charge on any atom is 0.410 e. The highest BCUT2D eigenvalue weighted by atomic mass is 79.9. The Morgan fingerprint density at radius 2 is 1.20 bits per heavy atom. The van der Waals surface area contributed by atoms with Gasteiger partial charge >= 0.3 is 6.09 Å². The Hall–Kier alpha value is -2.69. The first kappa shape index (κ1) is 34.5. The van der Waals surface area contributed by atoms with E-state index in [4.69, 9.17) is 4.74 Å². The molecule has 7 heteroatoms. The summed E-state index contributed by atoms with van der Waals surface area (Å²) in [6, 6.07) is 32.7. The standard InChI is InChI=1S/C34H45N2O3P.BrH/c1-33(2,3)39-32(38)36(6)26-24-34(4,5)31(37)35-25-16-17-27-40(28-18-10-7-11-19-28,29-20-12-8-13-21-29)30-22-14-9-15-23-30;/h7-15,18-23H,16-17,24-27H2,1-6H3;1H. The third-order valence-electron chi connectivity index (χ3n) is 7.19. The van der Waals surface area contributed by atoms with Crippen molar-refractivity contribution in [2.45, 2.75) is 59.5 Å². The van der Waals surface area contributed by atoms with Crippen molar-refractivity contribution in [3.8, 4) is 0 Å². The number of rotatable bonds is 12. The van der Waals surface area contributed by atoms with Crippen molar-refractivity contribution in [1.82, 2.24) is 10.2 Å². The first-order valence-electron chi connectivity index (χ1n) is 14.2. The van der Waals surface area contributed by atoms with Gasteiger partial charge in [0.25, 0.3) is 0 Å². The van der Waals surface area contributed by atoms with Crippen LogP contribution in [-0.4, -0.2) is 48.8 Å². The summed E-state index contributed by atoms with van der Waals surface area (Å²) in [5.41, 5.74) is -1.13. The molecule has 0 heterocycles. The molecular weight excluding hydrogens is 595 g/mol. The molecule has 222 valence electrons. The molecule has 0 saturated carbocycles. The van der Waals surface area contributed by atoms with Gasteiger partial charge in [0.2, 0.25) is 5.91 Å². The topological polar surface area (TPSA) is 58.6 Å². The summed E-state index contributed by atoms with van der Waals surface area (Å²) in [5.74, 6) is 0.0142. The number of hydrogen-bond acceptors (Lipinski definition) is 3. The van der Waals surface area contributed by atoms with Crippen LogP contribution in [0.4, 0.5) is 4.79 Å². The number of benzene rings is 3. The van der Waals surface area contributed by atoms with E-state index in [1.807, 2.05) is 34.6 Å². The van der Waals surface area contributed by atoms with E-state index in [2.05, 4.69) is 96.3 Å². The first-order chi connectivity index (χ1) is 19.0. The van der Waals surface area contributed by atoms with Crippen LogP contribution in [0.2, 0.25) is 0 Å². The predicted octanol–water partition coefficient (Wildman–Crippen LogP) is 3.16. The zero-order valence-electron chi connectivity index (χ0n) is 25.4. The van der Waals surface area contributed by atoms with E-state index in [0.29, 0.717) is 19.5 Å². The normalized spacial score (nSPS) is 11.8. The fourth-order valence-electron chi connectivity index (χ4n) is 4.79. The average molecular weight is 642 g/mol. The number of nitrogens with one attached hydrogen (secondary N) is 1. The highest BCUT2D eigenvalue weighted by Gasteiger charge is 2.44. The second kappa shape index (κ2) is 15.5. The summed E-state index contributed by atoms with van der Waals surface area (Å²) in [6.07, 6.45) is 3.11. The molecule has 1 N–H and O–H groups in total. The van der Waals surface area contributed by atoms with Crippen molar-refractivity contribution >= 4 is 35.2 Å². The second-order valence-corrected chi connectivity index (χ2v) is 15.7. The van der Waals surface area contributed by atoms with Crippen LogP contribution >= 0.6 is 7.26 Å². The van der Waals surface area contributed by atoms with E-state index in [9.17, 15) is 9.59 Å². The Balaban J connectivity index is 0.00000588. The molecule has 0 saturated heterocycles. The van der Waals surface area contributed by atoms with Crippen LogP contribution in [0.3, 0.4) is 0 Å². The molecule has 2 amide bonds. The maximum atomic E-state index is 13.1. The molecule has 0 unspecified atom stereocenters. The SMILES string of the molecule is CN(CCC(C)(C)C(=O)NCCCC[P+](c1ccccc1)(c1ccccc1)c1ccccc1)C(=O)OC(C)(C)C.[Br-]. The molecule has 3 aromatic rings. The van der Waals surface area contributed by atoms with Gasteiger partial charge in [0.15, 0.2) is 0 Å². The van der Waals surface area contributed by atoms with Gasteiger partial charge in [-0.3, -0.25) is 4.79 Å². The molecule has 5 nitrogen and oxygen atoms in total. The van der Waals surface area contributed by atoms with E-state index in [-0.39, 0.29) is 29.0 Å². The van der Waals surface area contributed by atoms with Gasteiger partial charge in [0.05, 0.1) is 6.16 Å². The minimum atomic E-state index is -1.86. The summed E-state index contributed by atoms with van der Waals surface area (Å²) in [7, 11) is -0.146. The van der Waals surface area contributed by atoms with Gasteiger partial charge in [-0.05, 0) is 76.4 Å². The first-order valence-corrected chi connectivity index (χ1v) is 16.2. The molecule has 0 spiro atoms. The highest BCUT2D eigenvalue weighted by Crippen LogP contribution is 2.55. The molecule has 0 aliphatic heterocycles. The van der Waals surface area contributed by atoms with Crippen LogP contribution in [-0.2, 0) is 9.53 Å². The van der Waals surface area contributed by atoms with Crippen molar-refractivity contribution in [3.05, 3.63) is 91.0 Å². The maximum absolute atomic E-state index is 13.1. The number of ether oxygens (including phenoxy) is 1. The van der Waals surface area contributed by atoms with Crippen LogP contribution in [0, 0.1) is 5.41 Å². The van der Waals surface area contributed by atoms with Crippen LogP contribution in [0.15, 0.2) is 91.0 Å². The lowest BCUT2D eigenvalue weighted by molar-refractivity contribution is -0.129.